The van der Waals surface area contributed by atoms with Gasteiger partial charge in [0.05, 0.1) is 31.2 Å². The van der Waals surface area contributed by atoms with Gasteiger partial charge < -0.3 is 23.8 Å². The van der Waals surface area contributed by atoms with Gasteiger partial charge in [-0.1, -0.05) is 29.8 Å². The fraction of sp³-hybridized carbons (Fsp3) is 0.467. The summed E-state index contributed by atoms with van der Waals surface area (Å²) in [5.74, 6) is -0.284. The van der Waals surface area contributed by atoms with Crippen molar-refractivity contribution < 1.29 is 28.5 Å². The van der Waals surface area contributed by atoms with Gasteiger partial charge in [0.25, 0.3) is 0 Å². The Morgan fingerprint density at radius 2 is 1.95 bits per heavy atom. The molecular weight excluding hydrogens is 484 g/mol. The molecule has 6 atom stereocenters. The average molecular weight is 517 g/mol. The fourth-order valence-corrected chi connectivity index (χ4v) is 8.75. The molecule has 4 heterocycles. The third kappa shape index (κ3) is 2.44. The van der Waals surface area contributed by atoms with Gasteiger partial charge in [0.2, 0.25) is 0 Å². The number of hydrogen-bond acceptors (Lipinski definition) is 8. The topological polar surface area (TPSA) is 77.5 Å². The first-order chi connectivity index (χ1) is 18.4. The first kappa shape index (κ1) is 23.7. The van der Waals surface area contributed by atoms with Crippen LogP contribution >= 0.6 is 0 Å². The Kier molecular flexibility index (Phi) is 4.89. The van der Waals surface area contributed by atoms with Crippen molar-refractivity contribution >= 4 is 17.6 Å². The van der Waals surface area contributed by atoms with Crippen molar-refractivity contribution in [3.8, 4) is 5.75 Å². The number of carbonyl (C=O) groups is 2. The number of benzene rings is 2. The number of methoxy groups -OCH3 is 2. The molecule has 4 aliphatic heterocycles. The summed E-state index contributed by atoms with van der Waals surface area (Å²) in [4.78, 5) is 32.4. The van der Waals surface area contributed by atoms with Gasteiger partial charge in [-0.05, 0) is 49.2 Å². The number of hydrogen-bond donors (Lipinski definition) is 0. The first-order valence-corrected chi connectivity index (χ1v) is 13.2. The van der Waals surface area contributed by atoms with Crippen LogP contribution in [-0.2, 0) is 24.4 Å². The molecule has 0 amide bonds. The lowest BCUT2D eigenvalue weighted by atomic mass is 9.42. The number of ether oxygens (including phenoxy) is 4. The van der Waals surface area contributed by atoms with Gasteiger partial charge in [-0.15, -0.1) is 0 Å². The van der Waals surface area contributed by atoms with E-state index in [1.54, 1.807) is 31.4 Å². The monoisotopic (exact) mass is 516 g/mol. The van der Waals surface area contributed by atoms with Gasteiger partial charge >= 0.3 is 11.9 Å². The van der Waals surface area contributed by atoms with Crippen LogP contribution in [-0.4, -0.2) is 69.3 Å². The summed E-state index contributed by atoms with van der Waals surface area (Å²) in [5, 5.41) is 0. The maximum atomic E-state index is 14.4. The van der Waals surface area contributed by atoms with E-state index in [-0.39, 0.29) is 30.8 Å². The van der Waals surface area contributed by atoms with E-state index >= 15 is 0 Å². The minimum absolute atomic E-state index is 0.0842. The zero-order chi connectivity index (χ0) is 26.4. The van der Waals surface area contributed by atoms with Gasteiger partial charge in [0.15, 0.2) is 5.72 Å². The quantitative estimate of drug-likeness (QED) is 0.442. The van der Waals surface area contributed by atoms with Crippen LogP contribution in [0.4, 0.5) is 5.69 Å². The number of likely N-dealkylation sites (N-methyl/N-ethyl adjacent to an activating group) is 1. The maximum Gasteiger partial charge on any atom is 0.338 e. The zero-order valence-corrected chi connectivity index (χ0v) is 22.1. The van der Waals surface area contributed by atoms with E-state index in [4.69, 9.17) is 18.9 Å². The zero-order valence-electron chi connectivity index (χ0n) is 22.1. The number of carbonyl (C=O) groups excluding carboxylic acids is 2. The van der Waals surface area contributed by atoms with Crippen molar-refractivity contribution in [1.29, 1.82) is 0 Å². The molecule has 4 fully saturated rings. The lowest BCUT2D eigenvalue weighted by Crippen LogP contribution is -2.80. The highest BCUT2D eigenvalue weighted by Gasteiger charge is 2.88. The van der Waals surface area contributed by atoms with Crippen molar-refractivity contribution in [3.05, 3.63) is 71.3 Å². The van der Waals surface area contributed by atoms with Crippen LogP contribution in [0.3, 0.4) is 0 Å². The summed E-state index contributed by atoms with van der Waals surface area (Å²) in [7, 11) is 5.14. The highest BCUT2D eigenvalue weighted by Crippen LogP contribution is 2.77. The average Bonchev–Trinajstić information content (AvgIpc) is 3.57. The Bertz CT molecular complexity index is 1380. The third-order valence-corrected chi connectivity index (χ3v) is 10.1. The maximum absolute atomic E-state index is 14.4. The molecule has 2 aromatic rings. The smallest absolute Gasteiger partial charge is 0.338 e. The first-order valence-electron chi connectivity index (χ1n) is 13.2. The second kappa shape index (κ2) is 7.83. The lowest BCUT2D eigenvalue weighted by Gasteiger charge is -2.65. The minimum Gasteiger partial charge on any atom is -0.497 e. The van der Waals surface area contributed by atoms with E-state index in [1.807, 2.05) is 31.2 Å². The number of nitrogens with zero attached hydrogens (tertiary/aromatic N) is 2. The molecule has 1 saturated carbocycles. The van der Waals surface area contributed by atoms with Gasteiger partial charge in [-0.2, -0.15) is 0 Å². The number of piperidine rings is 2. The van der Waals surface area contributed by atoms with Crippen LogP contribution < -0.4 is 9.64 Å². The number of rotatable bonds is 5. The normalized spacial score (nSPS) is 36.8. The molecule has 1 aliphatic carbocycles. The van der Waals surface area contributed by atoms with Crippen molar-refractivity contribution in [2.45, 2.75) is 43.2 Å². The Morgan fingerprint density at radius 3 is 2.66 bits per heavy atom. The van der Waals surface area contributed by atoms with E-state index in [9.17, 15) is 9.59 Å². The summed E-state index contributed by atoms with van der Waals surface area (Å²) >= 11 is 0. The molecule has 1 spiro atoms. The molecule has 3 saturated heterocycles. The van der Waals surface area contributed by atoms with Crippen molar-refractivity contribution in [3.63, 3.8) is 0 Å². The minimum atomic E-state index is -1.20. The third-order valence-electron chi connectivity index (χ3n) is 10.1. The molecule has 5 aliphatic rings. The van der Waals surface area contributed by atoms with E-state index < -0.39 is 22.5 Å². The van der Waals surface area contributed by atoms with Gasteiger partial charge in [-0.3, -0.25) is 9.69 Å². The van der Waals surface area contributed by atoms with E-state index in [2.05, 4.69) is 22.9 Å². The highest BCUT2D eigenvalue weighted by molar-refractivity contribution is 5.91. The van der Waals surface area contributed by atoms with Crippen LogP contribution in [0.2, 0.25) is 0 Å². The number of allylic oxidation sites excluding steroid dienone is 1. The van der Waals surface area contributed by atoms with E-state index in [0.717, 1.165) is 16.8 Å². The highest BCUT2D eigenvalue weighted by atomic mass is 16.6. The molecule has 8 heteroatoms. The second-order valence-electron chi connectivity index (χ2n) is 11.1. The molecule has 198 valence electrons. The summed E-state index contributed by atoms with van der Waals surface area (Å²) in [6, 6.07) is 15.0. The molecule has 2 aromatic carbocycles. The number of esters is 2. The predicted molar refractivity (Wildman–Crippen MR) is 139 cm³/mol. The number of anilines is 1. The van der Waals surface area contributed by atoms with Crippen molar-refractivity contribution in [1.82, 2.24) is 4.90 Å². The Morgan fingerprint density at radius 1 is 1.16 bits per heavy atom. The van der Waals surface area contributed by atoms with E-state index in [0.29, 0.717) is 30.7 Å². The van der Waals surface area contributed by atoms with E-state index in [1.165, 1.54) is 7.11 Å². The summed E-state index contributed by atoms with van der Waals surface area (Å²) < 4.78 is 24.5. The SMILES string of the molecule is CC=C1CN2C3CC45c6cc(OC)ccc6N(C)C4(O3)C2CC1C5(COC(=O)c1ccccc1)C(=O)OC. The van der Waals surface area contributed by atoms with Gasteiger partial charge in [-0.25, -0.2) is 4.79 Å². The van der Waals surface area contributed by atoms with Crippen molar-refractivity contribution in [2.75, 3.05) is 39.3 Å². The van der Waals surface area contributed by atoms with Crippen LogP contribution in [0.5, 0.6) is 5.75 Å². The molecule has 8 nitrogen and oxygen atoms in total. The fourth-order valence-electron chi connectivity index (χ4n) is 8.75. The molecule has 0 aromatic heterocycles. The molecular formula is C30H32N2O6. The molecule has 4 bridgehead atoms. The second-order valence-corrected chi connectivity index (χ2v) is 11.1. The Hall–Kier alpha value is -3.36. The predicted octanol–water partition coefficient (Wildman–Crippen LogP) is 3.51. The number of fused-ring (bicyclic) bond motifs is 4. The van der Waals surface area contributed by atoms with Gasteiger partial charge in [0, 0.05) is 31.6 Å². The van der Waals surface area contributed by atoms with Crippen LogP contribution in [0.1, 0.15) is 35.7 Å². The molecule has 38 heavy (non-hydrogen) atoms. The largest absolute Gasteiger partial charge is 0.497 e. The summed E-state index contributed by atoms with van der Waals surface area (Å²) in [6.45, 7) is 2.63. The Labute approximate surface area is 222 Å². The van der Waals surface area contributed by atoms with Crippen LogP contribution in [0.25, 0.3) is 0 Å². The van der Waals surface area contributed by atoms with Crippen LogP contribution in [0.15, 0.2) is 60.2 Å². The standard InChI is InChI=1S/C30H32N2O6/c1-5-18-16-32-24-14-21(18)28(27(34)36-4,17-37-26(33)19-9-7-6-8-10-19)29-15-25(32)38-30(24,29)31(2)23-12-11-20(35-3)13-22(23)29/h5-13,21,24-25H,14-17H2,1-4H3. The summed E-state index contributed by atoms with van der Waals surface area (Å²) in [6.07, 6.45) is 3.27. The molecule has 0 radical (unpaired) electrons. The Balaban J connectivity index is 1.49. The molecule has 0 N–H and O–H groups in total. The van der Waals surface area contributed by atoms with Gasteiger partial charge in [0.1, 0.15) is 24.0 Å². The van der Waals surface area contributed by atoms with Crippen molar-refractivity contribution in [2.24, 2.45) is 11.3 Å². The molecule has 6 unspecified atom stereocenters. The van der Waals surface area contributed by atoms with Crippen LogP contribution in [0, 0.1) is 11.3 Å². The lowest BCUT2D eigenvalue weighted by molar-refractivity contribution is -0.194. The summed E-state index contributed by atoms with van der Waals surface area (Å²) in [5.41, 5.74) is 0.797. The molecule has 7 rings (SSSR count).